The van der Waals surface area contributed by atoms with E-state index >= 15 is 0 Å². The summed E-state index contributed by atoms with van der Waals surface area (Å²) in [4.78, 5) is 0. The van der Waals surface area contributed by atoms with Gasteiger partial charge in [0.15, 0.2) is 0 Å². The molecule has 0 N–H and O–H groups in total. The van der Waals surface area contributed by atoms with Gasteiger partial charge in [-0.3, -0.25) is 0 Å². The summed E-state index contributed by atoms with van der Waals surface area (Å²) in [5.74, 6) is 0.648. The van der Waals surface area contributed by atoms with E-state index in [0.717, 1.165) is 0 Å². The molecule has 13 heavy (non-hydrogen) atoms. The Morgan fingerprint density at radius 3 is 2.85 bits per heavy atom. The van der Waals surface area contributed by atoms with Gasteiger partial charge in [-0.25, -0.2) is 0 Å². The average molecular weight is 178 g/mol. The lowest BCUT2D eigenvalue weighted by Gasteiger charge is -2.25. The van der Waals surface area contributed by atoms with Crippen molar-refractivity contribution in [1.29, 1.82) is 0 Å². The maximum Gasteiger partial charge on any atom is 0.0647 e. The van der Waals surface area contributed by atoms with Crippen molar-refractivity contribution in [2.24, 2.45) is 5.92 Å². The molecule has 1 fully saturated rings. The Bertz CT molecular complexity index is 240. The van der Waals surface area contributed by atoms with Crippen LogP contribution in [0, 0.1) is 5.92 Å². The molecular weight excluding hydrogens is 160 g/mol. The van der Waals surface area contributed by atoms with Gasteiger partial charge in [-0.2, -0.15) is 0 Å². The highest BCUT2D eigenvalue weighted by atomic mass is 16.5. The van der Waals surface area contributed by atoms with Gasteiger partial charge in [0.1, 0.15) is 0 Å². The topological polar surface area (TPSA) is 9.23 Å². The summed E-state index contributed by atoms with van der Waals surface area (Å²) < 4.78 is 5.90. The third kappa shape index (κ3) is 1.86. The lowest BCUT2D eigenvalue weighted by molar-refractivity contribution is 0.0291. The average Bonchev–Trinajstić information content (AvgIpc) is 2.53. The number of allylic oxidation sites excluding steroid dienone is 3. The van der Waals surface area contributed by atoms with Crippen molar-refractivity contribution >= 4 is 0 Å². The summed E-state index contributed by atoms with van der Waals surface area (Å²) >= 11 is 0. The van der Waals surface area contributed by atoms with E-state index in [4.69, 9.17) is 4.74 Å². The SMILES string of the molecule is CC1=CC=CCC1C1CCC(C)O1. The van der Waals surface area contributed by atoms with Crippen LogP contribution in [0.15, 0.2) is 23.8 Å². The monoisotopic (exact) mass is 178 g/mol. The van der Waals surface area contributed by atoms with Crippen molar-refractivity contribution in [2.75, 3.05) is 0 Å². The van der Waals surface area contributed by atoms with Crippen LogP contribution in [0.4, 0.5) is 0 Å². The van der Waals surface area contributed by atoms with Crippen LogP contribution in [0.1, 0.15) is 33.1 Å². The fourth-order valence-corrected chi connectivity index (χ4v) is 2.33. The van der Waals surface area contributed by atoms with Crippen molar-refractivity contribution in [3.63, 3.8) is 0 Å². The lowest BCUT2D eigenvalue weighted by atomic mass is 9.86. The van der Waals surface area contributed by atoms with E-state index in [1.165, 1.54) is 24.8 Å². The Labute approximate surface area is 80.5 Å². The van der Waals surface area contributed by atoms with E-state index in [1.54, 1.807) is 0 Å². The maximum absolute atomic E-state index is 5.90. The standard InChI is InChI=1S/C12H18O/c1-9-5-3-4-6-11(9)12-8-7-10(2)13-12/h3-5,10-12H,6-8H2,1-2H3. The van der Waals surface area contributed by atoms with Gasteiger partial charge in [0, 0.05) is 5.92 Å². The molecule has 0 aromatic carbocycles. The highest BCUT2D eigenvalue weighted by Crippen LogP contribution is 2.33. The summed E-state index contributed by atoms with van der Waals surface area (Å²) in [7, 11) is 0. The van der Waals surface area contributed by atoms with E-state index in [2.05, 4.69) is 32.1 Å². The van der Waals surface area contributed by atoms with Crippen molar-refractivity contribution < 1.29 is 4.74 Å². The van der Waals surface area contributed by atoms with Gasteiger partial charge in [-0.1, -0.05) is 23.8 Å². The van der Waals surface area contributed by atoms with Gasteiger partial charge in [0.2, 0.25) is 0 Å². The summed E-state index contributed by atoms with van der Waals surface area (Å²) in [6, 6.07) is 0. The molecule has 1 heteroatoms. The predicted octanol–water partition coefficient (Wildman–Crippen LogP) is 3.08. The van der Waals surface area contributed by atoms with Crippen molar-refractivity contribution in [3.8, 4) is 0 Å². The highest BCUT2D eigenvalue weighted by Gasteiger charge is 2.30. The fraction of sp³-hybridized carbons (Fsp3) is 0.667. The maximum atomic E-state index is 5.90. The first-order chi connectivity index (χ1) is 6.27. The third-order valence-corrected chi connectivity index (χ3v) is 3.18. The number of rotatable bonds is 1. The third-order valence-electron chi connectivity index (χ3n) is 3.18. The molecule has 1 heterocycles. The van der Waals surface area contributed by atoms with Crippen LogP contribution in [0.3, 0.4) is 0 Å². The van der Waals surface area contributed by atoms with Crippen LogP contribution in [-0.2, 0) is 4.74 Å². The van der Waals surface area contributed by atoms with Crippen molar-refractivity contribution in [3.05, 3.63) is 23.8 Å². The lowest BCUT2D eigenvalue weighted by Crippen LogP contribution is -2.22. The fourth-order valence-electron chi connectivity index (χ4n) is 2.33. The molecule has 0 aromatic rings. The molecule has 1 nitrogen and oxygen atoms in total. The molecule has 0 aromatic heterocycles. The number of ether oxygens (including phenoxy) is 1. The summed E-state index contributed by atoms with van der Waals surface area (Å²) in [6.45, 7) is 4.40. The van der Waals surface area contributed by atoms with Gasteiger partial charge in [0.25, 0.3) is 0 Å². The molecule has 72 valence electrons. The van der Waals surface area contributed by atoms with E-state index in [0.29, 0.717) is 18.1 Å². The van der Waals surface area contributed by atoms with E-state index in [1.807, 2.05) is 0 Å². The molecule has 3 unspecified atom stereocenters. The molecule has 0 radical (unpaired) electrons. The minimum absolute atomic E-state index is 0.476. The van der Waals surface area contributed by atoms with Gasteiger partial charge >= 0.3 is 0 Å². The predicted molar refractivity (Wildman–Crippen MR) is 54.6 cm³/mol. The zero-order valence-corrected chi connectivity index (χ0v) is 8.49. The van der Waals surface area contributed by atoms with Crippen LogP contribution in [0.5, 0.6) is 0 Å². The molecule has 3 atom stereocenters. The summed E-state index contributed by atoms with van der Waals surface area (Å²) in [5, 5.41) is 0. The zero-order chi connectivity index (χ0) is 9.26. The number of hydrogen-bond acceptors (Lipinski definition) is 1. The smallest absolute Gasteiger partial charge is 0.0647 e. The molecule has 0 spiro atoms. The molecule has 0 amide bonds. The normalized spacial score (nSPS) is 39.2. The summed E-state index contributed by atoms with van der Waals surface area (Å²) in [5.41, 5.74) is 1.49. The first-order valence-electron chi connectivity index (χ1n) is 5.26. The highest BCUT2D eigenvalue weighted by molar-refractivity contribution is 5.20. The number of hydrogen-bond donors (Lipinski definition) is 0. The molecule has 2 rings (SSSR count). The van der Waals surface area contributed by atoms with Crippen LogP contribution in [0.25, 0.3) is 0 Å². The van der Waals surface area contributed by atoms with Gasteiger partial charge in [-0.15, -0.1) is 0 Å². The van der Waals surface area contributed by atoms with Gasteiger partial charge in [-0.05, 0) is 33.1 Å². The van der Waals surface area contributed by atoms with Crippen LogP contribution in [-0.4, -0.2) is 12.2 Å². The molecule has 1 saturated heterocycles. The minimum Gasteiger partial charge on any atom is -0.375 e. The second kappa shape index (κ2) is 3.67. The molecule has 0 saturated carbocycles. The Morgan fingerprint density at radius 2 is 2.23 bits per heavy atom. The van der Waals surface area contributed by atoms with Crippen molar-refractivity contribution in [2.45, 2.75) is 45.3 Å². The van der Waals surface area contributed by atoms with Crippen LogP contribution >= 0.6 is 0 Å². The minimum atomic E-state index is 0.476. The Kier molecular flexibility index (Phi) is 2.54. The first kappa shape index (κ1) is 9.01. The van der Waals surface area contributed by atoms with Crippen molar-refractivity contribution in [1.82, 2.24) is 0 Å². The molecule has 1 aliphatic heterocycles. The molecular formula is C12H18O. The van der Waals surface area contributed by atoms with E-state index in [9.17, 15) is 0 Å². The largest absolute Gasteiger partial charge is 0.375 e. The first-order valence-corrected chi connectivity index (χ1v) is 5.26. The molecule has 2 aliphatic rings. The molecule has 0 bridgehead atoms. The Balaban J connectivity index is 2.01. The van der Waals surface area contributed by atoms with Gasteiger partial charge < -0.3 is 4.74 Å². The van der Waals surface area contributed by atoms with Crippen LogP contribution in [0.2, 0.25) is 0 Å². The second-order valence-corrected chi connectivity index (χ2v) is 4.24. The Hall–Kier alpha value is -0.560. The van der Waals surface area contributed by atoms with Crippen LogP contribution < -0.4 is 0 Å². The van der Waals surface area contributed by atoms with E-state index in [-0.39, 0.29) is 0 Å². The molecule has 1 aliphatic carbocycles. The quantitative estimate of drug-likeness (QED) is 0.599. The Morgan fingerprint density at radius 1 is 1.38 bits per heavy atom. The summed E-state index contributed by atoms with van der Waals surface area (Å²) in [6.07, 6.45) is 11.2. The van der Waals surface area contributed by atoms with Gasteiger partial charge in [0.05, 0.1) is 12.2 Å². The second-order valence-electron chi connectivity index (χ2n) is 4.24. The zero-order valence-electron chi connectivity index (χ0n) is 8.49. The van der Waals surface area contributed by atoms with E-state index < -0.39 is 0 Å².